The Morgan fingerprint density at radius 1 is 1.30 bits per heavy atom. The highest BCUT2D eigenvalue weighted by Gasteiger charge is 2.14. The lowest BCUT2D eigenvalue weighted by Crippen LogP contribution is -2.22. The van der Waals surface area contributed by atoms with E-state index in [9.17, 15) is 4.79 Å². The normalized spacial score (nSPS) is 10.8. The predicted octanol–water partition coefficient (Wildman–Crippen LogP) is 4.38. The molecule has 7 heteroatoms. The molecule has 0 atom stereocenters. The first-order valence-corrected chi connectivity index (χ1v) is 9.54. The highest BCUT2D eigenvalue weighted by Crippen LogP contribution is 2.21. The Balaban J connectivity index is 1.57. The molecule has 3 rings (SSSR count). The summed E-state index contributed by atoms with van der Waals surface area (Å²) in [5.74, 6) is 1.37. The molecule has 0 fully saturated rings. The Morgan fingerprint density at radius 2 is 2.11 bits per heavy atom. The average Bonchev–Trinajstić information content (AvgIpc) is 3.27. The van der Waals surface area contributed by atoms with Crippen LogP contribution < -0.4 is 10.1 Å². The molecule has 1 aromatic carbocycles. The maximum atomic E-state index is 12.3. The van der Waals surface area contributed by atoms with Crippen LogP contribution in [-0.2, 0) is 19.7 Å². The summed E-state index contributed by atoms with van der Waals surface area (Å²) < 4.78 is 14.1. The van der Waals surface area contributed by atoms with E-state index in [4.69, 9.17) is 9.15 Å². The lowest BCUT2D eigenvalue weighted by Gasteiger charge is -2.08. The van der Waals surface area contributed by atoms with E-state index in [0.717, 1.165) is 33.6 Å². The average molecular weight is 432 g/mol. The van der Waals surface area contributed by atoms with Crippen LogP contribution in [-0.4, -0.2) is 15.7 Å². The molecule has 2 heterocycles. The van der Waals surface area contributed by atoms with Gasteiger partial charge in [0.2, 0.25) is 0 Å². The van der Waals surface area contributed by atoms with Crippen molar-refractivity contribution in [1.82, 2.24) is 15.1 Å². The molecule has 0 unspecified atom stereocenters. The number of halogens is 1. The molecule has 0 spiro atoms. The highest BCUT2D eigenvalue weighted by atomic mass is 79.9. The van der Waals surface area contributed by atoms with Gasteiger partial charge in [-0.2, -0.15) is 5.10 Å². The number of hydrogen-bond acceptors (Lipinski definition) is 4. The number of aromatic nitrogens is 2. The van der Waals surface area contributed by atoms with Crippen molar-refractivity contribution < 1.29 is 13.9 Å². The van der Waals surface area contributed by atoms with Crippen LogP contribution in [0.15, 0.2) is 45.4 Å². The summed E-state index contributed by atoms with van der Waals surface area (Å²) in [5, 5.41) is 7.20. The quantitative estimate of drug-likeness (QED) is 0.602. The molecule has 3 aromatic rings. The number of nitrogens with zero attached hydrogens (tertiary/aromatic N) is 2. The first-order chi connectivity index (χ1) is 13.0. The minimum Gasteiger partial charge on any atom is -0.485 e. The molecule has 0 aliphatic rings. The van der Waals surface area contributed by atoms with Crippen molar-refractivity contribution in [2.75, 3.05) is 0 Å². The molecule has 2 aromatic heterocycles. The number of carbonyl (C=O) groups excluding carboxylic acids is 1. The maximum Gasteiger partial charge on any atom is 0.287 e. The number of amides is 1. The number of nitrogens with one attached hydrogen (secondary N) is 1. The van der Waals surface area contributed by atoms with E-state index in [1.54, 1.807) is 16.8 Å². The fourth-order valence-electron chi connectivity index (χ4n) is 2.56. The van der Waals surface area contributed by atoms with Gasteiger partial charge in [0.15, 0.2) is 5.76 Å². The van der Waals surface area contributed by atoms with Crippen molar-refractivity contribution in [3.05, 3.63) is 69.3 Å². The van der Waals surface area contributed by atoms with Gasteiger partial charge in [0.1, 0.15) is 18.1 Å². The summed E-state index contributed by atoms with van der Waals surface area (Å²) in [6, 6.07) is 9.45. The molecule has 0 aliphatic heterocycles. The maximum absolute atomic E-state index is 12.3. The molecule has 1 N–H and O–H groups in total. The highest BCUT2D eigenvalue weighted by molar-refractivity contribution is 9.10. The Labute approximate surface area is 166 Å². The summed E-state index contributed by atoms with van der Waals surface area (Å²) in [6.45, 7) is 7.38. The lowest BCUT2D eigenvalue weighted by molar-refractivity contribution is 0.0918. The van der Waals surface area contributed by atoms with Crippen LogP contribution in [0.2, 0.25) is 0 Å². The van der Waals surface area contributed by atoms with Crippen molar-refractivity contribution in [3.8, 4) is 5.75 Å². The van der Waals surface area contributed by atoms with Crippen LogP contribution in [0.4, 0.5) is 0 Å². The van der Waals surface area contributed by atoms with Gasteiger partial charge in [-0.05, 0) is 66.0 Å². The van der Waals surface area contributed by atoms with E-state index in [1.807, 2.05) is 45.2 Å². The minimum atomic E-state index is -0.286. The third kappa shape index (κ3) is 4.80. The van der Waals surface area contributed by atoms with Crippen molar-refractivity contribution in [3.63, 3.8) is 0 Å². The molecule has 142 valence electrons. The van der Waals surface area contributed by atoms with Gasteiger partial charge in [-0.25, -0.2) is 0 Å². The van der Waals surface area contributed by atoms with Gasteiger partial charge in [0, 0.05) is 12.7 Å². The smallest absolute Gasteiger partial charge is 0.287 e. The summed E-state index contributed by atoms with van der Waals surface area (Å²) in [7, 11) is 0. The van der Waals surface area contributed by atoms with Crippen molar-refractivity contribution >= 4 is 21.8 Å². The second kappa shape index (κ2) is 8.43. The van der Waals surface area contributed by atoms with E-state index in [0.29, 0.717) is 12.3 Å². The zero-order chi connectivity index (χ0) is 19.4. The van der Waals surface area contributed by atoms with Gasteiger partial charge < -0.3 is 14.5 Å². The molecular weight excluding hydrogens is 410 g/mol. The Bertz CT molecular complexity index is 946. The third-order valence-corrected chi connectivity index (χ3v) is 4.79. The van der Waals surface area contributed by atoms with E-state index in [1.165, 1.54) is 0 Å². The van der Waals surface area contributed by atoms with Gasteiger partial charge in [-0.1, -0.05) is 12.1 Å². The molecule has 0 saturated carbocycles. The summed E-state index contributed by atoms with van der Waals surface area (Å²) in [6.07, 6.45) is 1.89. The van der Waals surface area contributed by atoms with Gasteiger partial charge in [-0.3, -0.25) is 9.48 Å². The zero-order valence-electron chi connectivity index (χ0n) is 15.6. The number of furan rings is 1. The van der Waals surface area contributed by atoms with Crippen LogP contribution in [0, 0.1) is 13.8 Å². The second-order valence-corrected chi connectivity index (χ2v) is 7.14. The first-order valence-electron chi connectivity index (χ1n) is 8.75. The second-order valence-electron chi connectivity index (χ2n) is 6.29. The van der Waals surface area contributed by atoms with Crippen LogP contribution in [0.5, 0.6) is 5.75 Å². The largest absolute Gasteiger partial charge is 0.485 e. The Hall–Kier alpha value is -2.54. The van der Waals surface area contributed by atoms with Gasteiger partial charge in [-0.15, -0.1) is 0 Å². The summed E-state index contributed by atoms with van der Waals surface area (Å²) in [5.41, 5.74) is 2.96. The van der Waals surface area contributed by atoms with E-state index >= 15 is 0 Å². The monoisotopic (exact) mass is 431 g/mol. The molecule has 0 aliphatic carbocycles. The molecule has 6 nitrogen and oxygen atoms in total. The van der Waals surface area contributed by atoms with E-state index < -0.39 is 0 Å². The van der Waals surface area contributed by atoms with Gasteiger partial charge >= 0.3 is 0 Å². The summed E-state index contributed by atoms with van der Waals surface area (Å²) in [4.78, 5) is 12.3. The molecule has 0 saturated heterocycles. The molecule has 0 bridgehead atoms. The van der Waals surface area contributed by atoms with Gasteiger partial charge in [0.05, 0.1) is 16.7 Å². The topological polar surface area (TPSA) is 69.3 Å². The van der Waals surface area contributed by atoms with Crippen LogP contribution in [0.25, 0.3) is 0 Å². The summed E-state index contributed by atoms with van der Waals surface area (Å²) >= 11 is 3.45. The van der Waals surface area contributed by atoms with Crippen LogP contribution >= 0.6 is 15.9 Å². The van der Waals surface area contributed by atoms with E-state index in [2.05, 4.69) is 26.3 Å². The fraction of sp³-hybridized carbons (Fsp3) is 0.300. The standard InChI is InChI=1S/C20H22BrN3O3/c1-4-24-11-16(21)17(23-24)10-22-20(25)18-8-7-15(27-18)12-26-19-9-13(2)5-6-14(19)3/h5-9,11H,4,10,12H2,1-3H3,(H,22,25). The van der Waals surface area contributed by atoms with Crippen LogP contribution in [0.1, 0.15) is 40.1 Å². The fourth-order valence-corrected chi connectivity index (χ4v) is 3.01. The van der Waals surface area contributed by atoms with Crippen molar-refractivity contribution in [2.45, 2.75) is 40.5 Å². The molecule has 1 amide bonds. The SMILES string of the molecule is CCn1cc(Br)c(CNC(=O)c2ccc(COc3cc(C)ccc3C)o2)n1. The minimum absolute atomic E-state index is 0.251. The number of hydrogen-bond donors (Lipinski definition) is 1. The first kappa shape index (κ1) is 19.2. The number of ether oxygens (including phenoxy) is 1. The van der Waals surface area contributed by atoms with Crippen molar-refractivity contribution in [2.24, 2.45) is 0 Å². The van der Waals surface area contributed by atoms with Crippen LogP contribution in [0.3, 0.4) is 0 Å². The molecule has 27 heavy (non-hydrogen) atoms. The number of benzene rings is 1. The number of aryl methyl sites for hydroxylation is 3. The van der Waals surface area contributed by atoms with Gasteiger partial charge in [0.25, 0.3) is 5.91 Å². The van der Waals surface area contributed by atoms with E-state index in [-0.39, 0.29) is 18.3 Å². The molecular formula is C20H22BrN3O3. The molecule has 0 radical (unpaired) electrons. The Morgan fingerprint density at radius 3 is 2.85 bits per heavy atom. The zero-order valence-corrected chi connectivity index (χ0v) is 17.2. The number of carbonyl (C=O) groups is 1. The third-order valence-electron chi connectivity index (χ3n) is 4.13. The van der Waals surface area contributed by atoms with Crippen molar-refractivity contribution in [1.29, 1.82) is 0 Å². The lowest BCUT2D eigenvalue weighted by atomic mass is 10.1. The predicted molar refractivity (Wildman–Crippen MR) is 106 cm³/mol. The Kier molecular flexibility index (Phi) is 6.01. The number of rotatable bonds is 7.